The van der Waals surface area contributed by atoms with Crippen molar-refractivity contribution in [3.05, 3.63) is 47.8 Å². The maximum Gasteiger partial charge on any atom is 0.304 e. The first-order valence-corrected chi connectivity index (χ1v) is 9.92. The highest BCUT2D eigenvalue weighted by molar-refractivity contribution is 5.66. The summed E-state index contributed by atoms with van der Waals surface area (Å²) >= 11 is 0. The molecular formula is C21H26N4O3. The Morgan fingerprint density at radius 1 is 1.18 bits per heavy atom. The van der Waals surface area contributed by atoms with Crippen molar-refractivity contribution in [2.24, 2.45) is 0 Å². The molecule has 1 aliphatic carbocycles. The van der Waals surface area contributed by atoms with E-state index in [0.29, 0.717) is 18.5 Å². The van der Waals surface area contributed by atoms with Crippen molar-refractivity contribution in [3.63, 3.8) is 0 Å². The van der Waals surface area contributed by atoms with Gasteiger partial charge in [-0.2, -0.15) is 0 Å². The van der Waals surface area contributed by atoms with Gasteiger partial charge in [0.15, 0.2) is 0 Å². The number of fused-ring (bicyclic) bond motifs is 1. The molecule has 4 rings (SSSR count). The van der Waals surface area contributed by atoms with Gasteiger partial charge in [0.25, 0.3) is 0 Å². The van der Waals surface area contributed by atoms with Gasteiger partial charge < -0.3 is 20.1 Å². The Kier molecular flexibility index (Phi) is 5.71. The number of carboxylic acid groups (broad SMARTS) is 1. The molecule has 1 aliphatic heterocycles. The van der Waals surface area contributed by atoms with Gasteiger partial charge in [0.2, 0.25) is 5.88 Å². The van der Waals surface area contributed by atoms with E-state index in [1.807, 2.05) is 6.07 Å². The minimum Gasteiger partial charge on any atom is -0.481 e. The molecule has 0 spiro atoms. The summed E-state index contributed by atoms with van der Waals surface area (Å²) in [6, 6.07) is 10.8. The molecule has 0 saturated carbocycles. The van der Waals surface area contributed by atoms with E-state index >= 15 is 0 Å². The predicted octanol–water partition coefficient (Wildman–Crippen LogP) is 2.37. The predicted molar refractivity (Wildman–Crippen MR) is 106 cm³/mol. The molecule has 2 aliphatic rings. The number of rotatable bonds is 7. The Bertz CT molecular complexity index is 796. The highest BCUT2D eigenvalue weighted by Gasteiger charge is 2.23. The SMILES string of the molecule is O=C(O)CCN1CCC(Oc2cc(NC3Cc4ccccc4C3)ncn2)CC1. The number of carbonyl (C=O) groups is 1. The van der Waals surface area contributed by atoms with E-state index in [4.69, 9.17) is 9.84 Å². The van der Waals surface area contributed by atoms with Crippen LogP contribution in [0.1, 0.15) is 30.4 Å². The molecule has 2 aromatic rings. The van der Waals surface area contributed by atoms with Crippen molar-refractivity contribution in [2.45, 2.75) is 44.2 Å². The molecule has 0 atom stereocenters. The Labute approximate surface area is 164 Å². The molecule has 0 bridgehead atoms. The molecule has 0 radical (unpaired) electrons. The molecule has 7 nitrogen and oxygen atoms in total. The Hall–Kier alpha value is -2.67. The number of aliphatic carboxylic acids is 1. The van der Waals surface area contributed by atoms with Crippen LogP contribution in [0.15, 0.2) is 36.7 Å². The van der Waals surface area contributed by atoms with Crippen LogP contribution in [0.2, 0.25) is 0 Å². The van der Waals surface area contributed by atoms with E-state index < -0.39 is 5.97 Å². The Balaban J connectivity index is 1.27. The summed E-state index contributed by atoms with van der Waals surface area (Å²) in [5.74, 6) is 0.642. The number of piperidine rings is 1. The van der Waals surface area contributed by atoms with E-state index in [2.05, 4.69) is 44.5 Å². The largest absolute Gasteiger partial charge is 0.481 e. The maximum absolute atomic E-state index is 10.7. The lowest BCUT2D eigenvalue weighted by Crippen LogP contribution is -2.39. The van der Waals surface area contributed by atoms with Gasteiger partial charge in [-0.3, -0.25) is 4.79 Å². The second-order valence-electron chi connectivity index (χ2n) is 7.56. The van der Waals surface area contributed by atoms with Crippen LogP contribution < -0.4 is 10.1 Å². The normalized spacial score (nSPS) is 18.0. The fraction of sp³-hybridized carbons (Fsp3) is 0.476. The number of hydrogen-bond donors (Lipinski definition) is 2. The number of aromatic nitrogens is 2. The first-order chi connectivity index (χ1) is 13.7. The van der Waals surface area contributed by atoms with Gasteiger partial charge in [0, 0.05) is 31.7 Å². The zero-order valence-electron chi connectivity index (χ0n) is 15.9. The standard InChI is InChI=1S/C21H26N4O3/c26-21(27)7-10-25-8-5-18(6-9-25)28-20-13-19(22-14-23-20)24-17-11-15-3-1-2-4-16(15)12-17/h1-4,13-14,17-18H,5-12H2,(H,26,27)(H,22,23,24). The summed E-state index contributed by atoms with van der Waals surface area (Å²) < 4.78 is 6.06. The van der Waals surface area contributed by atoms with E-state index in [1.165, 1.54) is 11.1 Å². The molecule has 148 valence electrons. The van der Waals surface area contributed by atoms with Gasteiger partial charge in [-0.25, -0.2) is 9.97 Å². The molecule has 0 amide bonds. The number of likely N-dealkylation sites (tertiary alicyclic amines) is 1. The van der Waals surface area contributed by atoms with E-state index in [9.17, 15) is 4.79 Å². The summed E-state index contributed by atoms with van der Waals surface area (Å²) in [6.07, 6.45) is 5.61. The quantitative estimate of drug-likeness (QED) is 0.760. The van der Waals surface area contributed by atoms with E-state index in [0.717, 1.165) is 44.6 Å². The van der Waals surface area contributed by atoms with Gasteiger partial charge in [0.05, 0.1) is 6.42 Å². The monoisotopic (exact) mass is 382 g/mol. The summed E-state index contributed by atoms with van der Waals surface area (Å²) in [7, 11) is 0. The highest BCUT2D eigenvalue weighted by Crippen LogP contribution is 2.25. The molecule has 1 aromatic heterocycles. The lowest BCUT2D eigenvalue weighted by atomic mass is 10.1. The number of anilines is 1. The van der Waals surface area contributed by atoms with Crippen LogP contribution in [0.5, 0.6) is 5.88 Å². The van der Waals surface area contributed by atoms with Gasteiger partial charge in [0.1, 0.15) is 18.2 Å². The van der Waals surface area contributed by atoms with Crippen LogP contribution in [-0.2, 0) is 17.6 Å². The third-order valence-electron chi connectivity index (χ3n) is 5.51. The van der Waals surface area contributed by atoms with Gasteiger partial charge in [-0.05, 0) is 36.8 Å². The molecule has 2 heterocycles. The number of nitrogens with one attached hydrogen (secondary N) is 1. The third-order valence-corrected chi connectivity index (χ3v) is 5.51. The Morgan fingerprint density at radius 2 is 1.89 bits per heavy atom. The first-order valence-electron chi connectivity index (χ1n) is 9.92. The van der Waals surface area contributed by atoms with Crippen molar-refractivity contribution in [1.29, 1.82) is 0 Å². The molecule has 1 aromatic carbocycles. The van der Waals surface area contributed by atoms with Crippen LogP contribution in [-0.4, -0.2) is 57.7 Å². The number of benzene rings is 1. The number of ether oxygens (including phenoxy) is 1. The first kappa shape index (κ1) is 18.7. The topological polar surface area (TPSA) is 87.6 Å². The third kappa shape index (κ3) is 4.78. The number of carboxylic acids is 1. The maximum atomic E-state index is 10.7. The van der Waals surface area contributed by atoms with Crippen LogP contribution in [0, 0.1) is 0 Å². The zero-order chi connectivity index (χ0) is 19.3. The van der Waals surface area contributed by atoms with Crippen molar-refractivity contribution in [2.75, 3.05) is 25.0 Å². The fourth-order valence-electron chi connectivity index (χ4n) is 4.03. The van der Waals surface area contributed by atoms with E-state index in [-0.39, 0.29) is 12.5 Å². The summed E-state index contributed by atoms with van der Waals surface area (Å²) in [4.78, 5) is 21.5. The van der Waals surface area contributed by atoms with Crippen LogP contribution in [0.3, 0.4) is 0 Å². The summed E-state index contributed by atoms with van der Waals surface area (Å²) in [5, 5.41) is 12.3. The van der Waals surface area contributed by atoms with Crippen molar-refractivity contribution >= 4 is 11.8 Å². The van der Waals surface area contributed by atoms with Crippen LogP contribution in [0.25, 0.3) is 0 Å². The van der Waals surface area contributed by atoms with Gasteiger partial charge in [-0.15, -0.1) is 0 Å². The molecule has 1 fully saturated rings. The molecule has 1 saturated heterocycles. The van der Waals surface area contributed by atoms with Crippen molar-refractivity contribution in [1.82, 2.24) is 14.9 Å². The smallest absolute Gasteiger partial charge is 0.304 e. The van der Waals surface area contributed by atoms with Crippen LogP contribution >= 0.6 is 0 Å². The number of nitrogens with zero attached hydrogens (tertiary/aromatic N) is 3. The van der Waals surface area contributed by atoms with Crippen LogP contribution in [0.4, 0.5) is 5.82 Å². The average Bonchev–Trinajstić information content (AvgIpc) is 3.10. The zero-order valence-corrected chi connectivity index (χ0v) is 15.9. The lowest BCUT2D eigenvalue weighted by molar-refractivity contribution is -0.137. The summed E-state index contributed by atoms with van der Waals surface area (Å²) in [5.41, 5.74) is 2.81. The molecule has 2 N–H and O–H groups in total. The Morgan fingerprint density at radius 3 is 2.57 bits per heavy atom. The second-order valence-corrected chi connectivity index (χ2v) is 7.56. The molecule has 0 unspecified atom stereocenters. The summed E-state index contributed by atoms with van der Waals surface area (Å²) in [6.45, 7) is 2.32. The fourth-order valence-corrected chi connectivity index (χ4v) is 4.03. The lowest BCUT2D eigenvalue weighted by Gasteiger charge is -2.31. The number of hydrogen-bond acceptors (Lipinski definition) is 6. The van der Waals surface area contributed by atoms with E-state index in [1.54, 1.807) is 6.33 Å². The molecular weight excluding hydrogens is 356 g/mol. The molecule has 7 heteroatoms. The van der Waals surface area contributed by atoms with Gasteiger partial charge >= 0.3 is 5.97 Å². The molecule has 28 heavy (non-hydrogen) atoms. The van der Waals surface area contributed by atoms with Crippen molar-refractivity contribution in [3.8, 4) is 5.88 Å². The minimum atomic E-state index is -0.746. The van der Waals surface area contributed by atoms with Crippen molar-refractivity contribution < 1.29 is 14.6 Å². The average molecular weight is 382 g/mol. The minimum absolute atomic E-state index is 0.111. The highest BCUT2D eigenvalue weighted by atomic mass is 16.5. The second kappa shape index (κ2) is 8.56. The van der Waals surface area contributed by atoms with Gasteiger partial charge in [-0.1, -0.05) is 24.3 Å².